The molecule has 4 heterocycles. The van der Waals surface area contributed by atoms with Gasteiger partial charge in [-0.25, -0.2) is 14.4 Å². The number of hydrogen-bond donors (Lipinski definition) is 3. The van der Waals surface area contributed by atoms with Gasteiger partial charge in [0.15, 0.2) is 0 Å². The number of carbonyl (C=O) groups excluding carboxylic acids is 1. The summed E-state index contributed by atoms with van der Waals surface area (Å²) in [6.45, 7) is 4.97. The summed E-state index contributed by atoms with van der Waals surface area (Å²) in [7, 11) is 0. The van der Waals surface area contributed by atoms with Crippen LogP contribution in [-0.4, -0.2) is 59.2 Å². The number of nitrogens with one attached hydrogen (secondary N) is 3. The molecule has 2 aliphatic heterocycles. The highest BCUT2D eigenvalue weighted by Gasteiger charge is 2.31. The van der Waals surface area contributed by atoms with E-state index in [9.17, 15) is 4.79 Å². The van der Waals surface area contributed by atoms with Gasteiger partial charge in [0.05, 0.1) is 11.6 Å². The maximum absolute atomic E-state index is 15.6. The second-order valence-corrected chi connectivity index (χ2v) is 10.6. The summed E-state index contributed by atoms with van der Waals surface area (Å²) in [6.07, 6.45) is 6.92. The van der Waals surface area contributed by atoms with Crippen LogP contribution in [0.4, 0.5) is 27.7 Å². The van der Waals surface area contributed by atoms with E-state index >= 15 is 4.39 Å². The van der Waals surface area contributed by atoms with Gasteiger partial charge in [0.1, 0.15) is 17.5 Å². The van der Waals surface area contributed by atoms with Gasteiger partial charge in [-0.1, -0.05) is 18.2 Å². The summed E-state index contributed by atoms with van der Waals surface area (Å²) >= 11 is 0. The molecule has 6 rings (SSSR count). The van der Waals surface area contributed by atoms with E-state index < -0.39 is 11.7 Å². The zero-order chi connectivity index (χ0) is 28.2. The molecule has 2 saturated heterocycles. The predicted octanol–water partition coefficient (Wildman–Crippen LogP) is 5.21. The number of aromatic nitrogens is 3. The average molecular weight is 556 g/mol. The number of hydrogen-bond acceptors (Lipinski definition) is 8. The number of ether oxygens (including phenoxy) is 1. The zero-order valence-corrected chi connectivity index (χ0v) is 23.1. The number of fused-ring (bicyclic) bond motifs is 1. The third kappa shape index (κ3) is 5.98. The minimum absolute atomic E-state index is 0.00985. The molecular formula is C31H34FN7O2. The molecule has 41 heavy (non-hydrogen) atoms. The Balaban J connectivity index is 1.27. The predicted molar refractivity (Wildman–Crippen MR) is 158 cm³/mol. The van der Waals surface area contributed by atoms with Gasteiger partial charge in [-0.2, -0.15) is 4.98 Å². The van der Waals surface area contributed by atoms with Gasteiger partial charge < -0.3 is 20.7 Å². The van der Waals surface area contributed by atoms with E-state index in [1.165, 1.54) is 12.1 Å². The van der Waals surface area contributed by atoms with Crippen LogP contribution in [0.25, 0.3) is 10.8 Å². The van der Waals surface area contributed by atoms with Crippen molar-refractivity contribution < 1.29 is 13.9 Å². The van der Waals surface area contributed by atoms with Crippen molar-refractivity contribution in [3.63, 3.8) is 0 Å². The number of aryl methyl sites for hydroxylation is 1. The van der Waals surface area contributed by atoms with Crippen LogP contribution in [0.2, 0.25) is 0 Å². The van der Waals surface area contributed by atoms with Gasteiger partial charge in [0.25, 0.3) is 5.91 Å². The van der Waals surface area contributed by atoms with E-state index in [4.69, 9.17) is 4.74 Å². The maximum Gasteiger partial charge on any atom is 0.262 e. The highest BCUT2D eigenvalue weighted by atomic mass is 19.1. The Bertz CT molecular complexity index is 1530. The molecule has 212 valence electrons. The number of piperidine rings is 1. The summed E-state index contributed by atoms with van der Waals surface area (Å²) in [5.41, 5.74) is 1.46. The van der Waals surface area contributed by atoms with Gasteiger partial charge in [-0.05, 0) is 80.4 Å². The second kappa shape index (κ2) is 12.2. The number of nitrogens with zero attached hydrogens (tertiary/aromatic N) is 4. The van der Waals surface area contributed by atoms with Crippen molar-refractivity contribution in [3.8, 4) is 0 Å². The Hall–Kier alpha value is -4.15. The average Bonchev–Trinajstić information content (AvgIpc) is 2.99. The lowest BCUT2D eigenvalue weighted by Crippen LogP contribution is -2.49. The van der Waals surface area contributed by atoms with E-state index in [1.54, 1.807) is 29.4 Å². The fraction of sp³-hybridized carbons (Fsp3) is 0.355. The molecule has 2 fully saturated rings. The minimum Gasteiger partial charge on any atom is -0.381 e. The van der Waals surface area contributed by atoms with Crippen molar-refractivity contribution in [2.75, 3.05) is 41.8 Å². The fourth-order valence-corrected chi connectivity index (χ4v) is 5.63. The SMILES string of the molecule is Cc1cccc2ccnc(N(C(=O)c3ccc(Nc4nccc(NC5CCOCC5)n4)cc3F)[C@@H]3CCCNC3)c12. The van der Waals surface area contributed by atoms with Crippen LogP contribution in [0.1, 0.15) is 41.6 Å². The molecule has 0 aliphatic carbocycles. The monoisotopic (exact) mass is 555 g/mol. The summed E-state index contributed by atoms with van der Waals surface area (Å²) < 4.78 is 21.1. The maximum atomic E-state index is 15.6. The van der Waals surface area contributed by atoms with Crippen LogP contribution in [0.5, 0.6) is 0 Å². The normalized spacial score (nSPS) is 17.8. The molecule has 2 aromatic heterocycles. The van der Waals surface area contributed by atoms with Gasteiger partial charge in [0, 0.05) is 49.3 Å². The van der Waals surface area contributed by atoms with Crippen molar-refractivity contribution >= 4 is 40.0 Å². The van der Waals surface area contributed by atoms with Crippen LogP contribution in [0.3, 0.4) is 0 Å². The van der Waals surface area contributed by atoms with Crippen molar-refractivity contribution in [1.82, 2.24) is 20.3 Å². The largest absolute Gasteiger partial charge is 0.381 e. The smallest absolute Gasteiger partial charge is 0.262 e. The molecule has 0 spiro atoms. The third-order valence-electron chi connectivity index (χ3n) is 7.75. The summed E-state index contributed by atoms with van der Waals surface area (Å²) in [6, 6.07) is 14.4. The van der Waals surface area contributed by atoms with Gasteiger partial charge in [0.2, 0.25) is 5.95 Å². The summed E-state index contributed by atoms with van der Waals surface area (Å²) in [5.74, 6) is 0.553. The lowest BCUT2D eigenvalue weighted by molar-refractivity contribution is 0.0904. The van der Waals surface area contributed by atoms with Gasteiger partial charge in [-0.15, -0.1) is 0 Å². The first kappa shape index (κ1) is 27.0. The van der Waals surface area contributed by atoms with Crippen LogP contribution in [0, 0.1) is 12.7 Å². The van der Waals surface area contributed by atoms with E-state index in [-0.39, 0.29) is 17.6 Å². The van der Waals surface area contributed by atoms with Crippen molar-refractivity contribution in [2.24, 2.45) is 0 Å². The Kier molecular flexibility index (Phi) is 8.02. The topological polar surface area (TPSA) is 104 Å². The lowest BCUT2D eigenvalue weighted by atomic mass is 10.0. The van der Waals surface area contributed by atoms with E-state index in [1.807, 2.05) is 31.2 Å². The molecule has 10 heteroatoms. The molecular weight excluding hydrogens is 521 g/mol. The summed E-state index contributed by atoms with van der Waals surface area (Å²) in [4.78, 5) is 29.2. The Labute approximate surface area is 238 Å². The number of rotatable bonds is 7. The number of carbonyl (C=O) groups is 1. The second-order valence-electron chi connectivity index (χ2n) is 10.6. The highest BCUT2D eigenvalue weighted by Crippen LogP contribution is 2.32. The zero-order valence-electron chi connectivity index (χ0n) is 23.1. The number of anilines is 4. The first-order valence-electron chi connectivity index (χ1n) is 14.2. The number of benzene rings is 2. The lowest BCUT2D eigenvalue weighted by Gasteiger charge is -2.35. The number of pyridine rings is 1. The molecule has 0 radical (unpaired) electrons. The van der Waals surface area contributed by atoms with Gasteiger partial charge in [-0.3, -0.25) is 9.69 Å². The molecule has 9 nitrogen and oxygen atoms in total. The van der Waals surface area contributed by atoms with Gasteiger partial charge >= 0.3 is 0 Å². The highest BCUT2D eigenvalue weighted by molar-refractivity contribution is 6.11. The van der Waals surface area contributed by atoms with E-state index in [2.05, 4.69) is 30.9 Å². The Morgan fingerprint density at radius 2 is 1.93 bits per heavy atom. The van der Waals surface area contributed by atoms with Crippen LogP contribution in [0.15, 0.2) is 60.9 Å². The van der Waals surface area contributed by atoms with Crippen molar-refractivity contribution in [2.45, 2.75) is 44.7 Å². The Morgan fingerprint density at radius 1 is 1.07 bits per heavy atom. The minimum atomic E-state index is -0.623. The molecule has 2 aliphatic rings. The number of amides is 1. The Morgan fingerprint density at radius 3 is 2.73 bits per heavy atom. The van der Waals surface area contributed by atoms with Crippen LogP contribution in [-0.2, 0) is 4.74 Å². The molecule has 0 saturated carbocycles. The van der Waals surface area contributed by atoms with E-state index in [0.717, 1.165) is 61.8 Å². The molecule has 1 atom stereocenters. The number of halogens is 1. The van der Waals surface area contributed by atoms with Crippen molar-refractivity contribution in [3.05, 3.63) is 77.9 Å². The van der Waals surface area contributed by atoms with Crippen LogP contribution < -0.4 is 20.9 Å². The first-order chi connectivity index (χ1) is 20.1. The molecule has 0 bridgehead atoms. The molecule has 2 aromatic carbocycles. The molecule has 3 N–H and O–H groups in total. The molecule has 0 unspecified atom stereocenters. The standard InChI is InChI=1S/C31H34FN7O2/c1-20-4-2-5-21-9-14-34-29(28(20)21)39(24-6-3-13-33-19-24)30(40)25-8-7-23(18-26(25)32)37-31-35-15-10-27(38-31)36-22-11-16-41-17-12-22/h2,4-5,7-10,14-15,18,22,24,33H,3,6,11-13,16-17,19H2,1H3,(H2,35,36,37,38)/t24-/m1/s1. The fourth-order valence-electron chi connectivity index (χ4n) is 5.63. The summed E-state index contributed by atoms with van der Waals surface area (Å²) in [5, 5.41) is 11.8. The quantitative estimate of drug-likeness (QED) is 0.286. The van der Waals surface area contributed by atoms with Crippen LogP contribution >= 0.6 is 0 Å². The third-order valence-corrected chi connectivity index (χ3v) is 7.75. The molecule has 1 amide bonds. The van der Waals surface area contributed by atoms with E-state index in [0.29, 0.717) is 29.8 Å². The first-order valence-corrected chi connectivity index (χ1v) is 14.2. The molecule has 4 aromatic rings. The van der Waals surface area contributed by atoms with Crippen molar-refractivity contribution in [1.29, 1.82) is 0 Å².